The standard InChI is InChI=1S/C27H41NO6/c1-6-18(2)34-27(30)21-14-10-11-15-28(21)26(29)24(19-12-8-7-9-13-19)20-16-22(31-3)25(33-5)23(17-20)32-4/h16-19,21,24H,6-15H2,1-5H3. The molecule has 7 heteroatoms. The van der Waals surface area contributed by atoms with Gasteiger partial charge >= 0.3 is 5.97 Å². The van der Waals surface area contributed by atoms with E-state index in [2.05, 4.69) is 0 Å². The highest BCUT2D eigenvalue weighted by atomic mass is 16.5. The van der Waals surface area contributed by atoms with Crippen LogP contribution in [0.15, 0.2) is 12.1 Å². The average molecular weight is 476 g/mol. The first-order valence-electron chi connectivity index (χ1n) is 12.8. The molecule has 1 aliphatic heterocycles. The third-order valence-corrected chi connectivity index (χ3v) is 7.38. The van der Waals surface area contributed by atoms with Crippen molar-refractivity contribution in [2.75, 3.05) is 27.9 Å². The molecule has 190 valence electrons. The molecule has 3 unspecified atom stereocenters. The zero-order chi connectivity index (χ0) is 24.7. The van der Waals surface area contributed by atoms with E-state index in [1.165, 1.54) is 6.42 Å². The first-order chi connectivity index (χ1) is 16.4. The third-order valence-electron chi connectivity index (χ3n) is 7.38. The van der Waals surface area contributed by atoms with Crippen LogP contribution >= 0.6 is 0 Å². The Kier molecular flexibility index (Phi) is 9.48. The fourth-order valence-corrected chi connectivity index (χ4v) is 5.34. The molecule has 0 spiro atoms. The second-order valence-corrected chi connectivity index (χ2v) is 9.53. The molecule has 1 saturated heterocycles. The van der Waals surface area contributed by atoms with E-state index in [4.69, 9.17) is 18.9 Å². The molecule has 1 saturated carbocycles. The van der Waals surface area contributed by atoms with Crippen molar-refractivity contribution >= 4 is 11.9 Å². The van der Waals surface area contributed by atoms with E-state index in [1.807, 2.05) is 26.0 Å². The smallest absolute Gasteiger partial charge is 0.329 e. The van der Waals surface area contributed by atoms with Crippen LogP contribution in [0.2, 0.25) is 0 Å². The summed E-state index contributed by atoms with van der Waals surface area (Å²) in [4.78, 5) is 29.0. The lowest BCUT2D eigenvalue weighted by Crippen LogP contribution is -2.51. The second-order valence-electron chi connectivity index (χ2n) is 9.53. The Morgan fingerprint density at radius 3 is 2.12 bits per heavy atom. The largest absolute Gasteiger partial charge is 0.493 e. The van der Waals surface area contributed by atoms with Gasteiger partial charge in [0.1, 0.15) is 6.04 Å². The van der Waals surface area contributed by atoms with Crippen LogP contribution in [-0.4, -0.2) is 56.8 Å². The summed E-state index contributed by atoms with van der Waals surface area (Å²) in [6.45, 7) is 4.46. The van der Waals surface area contributed by atoms with Crippen molar-refractivity contribution in [3.63, 3.8) is 0 Å². The van der Waals surface area contributed by atoms with Crippen LogP contribution in [0.4, 0.5) is 0 Å². The number of rotatable bonds is 9. The third kappa shape index (κ3) is 5.78. The molecule has 0 N–H and O–H groups in total. The summed E-state index contributed by atoms with van der Waals surface area (Å²) in [5.41, 5.74) is 0.853. The van der Waals surface area contributed by atoms with Crippen molar-refractivity contribution in [1.82, 2.24) is 4.90 Å². The monoisotopic (exact) mass is 475 g/mol. The molecule has 1 heterocycles. The summed E-state index contributed by atoms with van der Waals surface area (Å²) in [7, 11) is 4.75. The van der Waals surface area contributed by atoms with Crippen LogP contribution in [-0.2, 0) is 14.3 Å². The Morgan fingerprint density at radius 1 is 0.941 bits per heavy atom. The zero-order valence-corrected chi connectivity index (χ0v) is 21.4. The molecular formula is C27H41NO6. The van der Waals surface area contributed by atoms with Gasteiger partial charge in [-0.15, -0.1) is 0 Å². The summed E-state index contributed by atoms with van der Waals surface area (Å²) in [5.74, 6) is 1.15. The highest BCUT2D eigenvalue weighted by molar-refractivity contribution is 5.89. The van der Waals surface area contributed by atoms with E-state index in [0.29, 0.717) is 30.2 Å². The van der Waals surface area contributed by atoms with E-state index in [0.717, 1.165) is 50.5 Å². The van der Waals surface area contributed by atoms with Gasteiger partial charge < -0.3 is 23.8 Å². The van der Waals surface area contributed by atoms with E-state index in [1.54, 1.807) is 26.2 Å². The van der Waals surface area contributed by atoms with Crippen LogP contribution in [0.3, 0.4) is 0 Å². The summed E-state index contributed by atoms with van der Waals surface area (Å²) >= 11 is 0. The lowest BCUT2D eigenvalue weighted by atomic mass is 9.75. The van der Waals surface area contributed by atoms with Gasteiger partial charge in [-0.3, -0.25) is 4.79 Å². The number of carbonyl (C=O) groups excluding carboxylic acids is 2. The van der Waals surface area contributed by atoms with Crippen molar-refractivity contribution < 1.29 is 28.5 Å². The molecule has 1 aromatic rings. The number of piperidine rings is 1. The molecule has 1 amide bonds. The van der Waals surface area contributed by atoms with Gasteiger partial charge in [0.05, 0.1) is 33.4 Å². The van der Waals surface area contributed by atoms with Crippen molar-refractivity contribution in [1.29, 1.82) is 0 Å². The van der Waals surface area contributed by atoms with Gasteiger partial charge in [-0.2, -0.15) is 0 Å². The average Bonchev–Trinajstić information content (AvgIpc) is 2.88. The first kappa shape index (κ1) is 26.2. The number of esters is 1. The molecule has 34 heavy (non-hydrogen) atoms. The number of nitrogens with zero attached hydrogens (tertiary/aromatic N) is 1. The predicted octanol–water partition coefficient (Wildman–Crippen LogP) is 5.10. The van der Waals surface area contributed by atoms with Gasteiger partial charge in [0, 0.05) is 6.54 Å². The molecule has 2 fully saturated rings. The number of ether oxygens (including phenoxy) is 4. The van der Waals surface area contributed by atoms with Crippen LogP contribution in [0, 0.1) is 5.92 Å². The number of hydrogen-bond acceptors (Lipinski definition) is 6. The molecule has 0 aromatic heterocycles. The van der Waals surface area contributed by atoms with E-state index in [9.17, 15) is 9.59 Å². The van der Waals surface area contributed by atoms with Crippen molar-refractivity contribution in [2.24, 2.45) is 5.92 Å². The minimum atomic E-state index is -0.525. The van der Waals surface area contributed by atoms with Crippen molar-refractivity contribution in [3.8, 4) is 17.2 Å². The summed E-state index contributed by atoms with van der Waals surface area (Å²) in [5, 5.41) is 0. The number of benzene rings is 1. The molecule has 3 rings (SSSR count). The lowest BCUT2D eigenvalue weighted by Gasteiger charge is -2.39. The Bertz CT molecular complexity index is 809. The Labute approximate surface area is 204 Å². The van der Waals surface area contributed by atoms with E-state index >= 15 is 0 Å². The molecule has 0 bridgehead atoms. The maximum Gasteiger partial charge on any atom is 0.329 e. The lowest BCUT2D eigenvalue weighted by molar-refractivity contribution is -0.161. The number of likely N-dealkylation sites (tertiary alicyclic amines) is 1. The fourth-order valence-electron chi connectivity index (χ4n) is 5.34. The number of carbonyl (C=O) groups is 2. The normalized spacial score (nSPS) is 20.9. The Hall–Kier alpha value is -2.44. The van der Waals surface area contributed by atoms with Gasteiger partial charge in [-0.25, -0.2) is 4.79 Å². The molecule has 0 radical (unpaired) electrons. The minimum absolute atomic E-state index is 0.00646. The zero-order valence-electron chi connectivity index (χ0n) is 21.4. The number of methoxy groups -OCH3 is 3. The highest BCUT2D eigenvalue weighted by Crippen LogP contribution is 2.45. The van der Waals surface area contributed by atoms with E-state index in [-0.39, 0.29) is 29.8 Å². The predicted molar refractivity (Wildman–Crippen MR) is 131 cm³/mol. The van der Waals surface area contributed by atoms with E-state index < -0.39 is 6.04 Å². The molecule has 7 nitrogen and oxygen atoms in total. The maximum atomic E-state index is 14.2. The Balaban J connectivity index is 2.00. The summed E-state index contributed by atoms with van der Waals surface area (Å²) in [6, 6.07) is 3.27. The number of amides is 1. The van der Waals surface area contributed by atoms with Crippen LogP contribution in [0.5, 0.6) is 17.2 Å². The van der Waals surface area contributed by atoms with Gasteiger partial charge in [0.2, 0.25) is 11.7 Å². The topological polar surface area (TPSA) is 74.3 Å². The van der Waals surface area contributed by atoms with Gasteiger partial charge in [-0.1, -0.05) is 26.2 Å². The molecule has 1 aliphatic carbocycles. The SMILES string of the molecule is CCC(C)OC(=O)C1CCCCN1C(=O)C(c1cc(OC)c(OC)c(OC)c1)C1CCCCC1. The summed E-state index contributed by atoms with van der Waals surface area (Å²) < 4.78 is 22.4. The molecule has 2 aliphatic rings. The van der Waals surface area contributed by atoms with Crippen LogP contribution in [0.1, 0.15) is 83.1 Å². The number of hydrogen-bond donors (Lipinski definition) is 0. The van der Waals surface area contributed by atoms with Gasteiger partial charge in [-0.05, 0) is 69.1 Å². The molecule has 3 atom stereocenters. The highest BCUT2D eigenvalue weighted by Gasteiger charge is 2.41. The summed E-state index contributed by atoms with van der Waals surface area (Å²) in [6.07, 6.45) is 8.45. The van der Waals surface area contributed by atoms with Crippen molar-refractivity contribution in [2.45, 2.75) is 89.7 Å². The van der Waals surface area contributed by atoms with Gasteiger partial charge in [0.25, 0.3) is 0 Å². The second kappa shape index (κ2) is 12.3. The fraction of sp³-hybridized carbons (Fsp3) is 0.704. The minimum Gasteiger partial charge on any atom is -0.493 e. The van der Waals surface area contributed by atoms with Crippen LogP contribution in [0.25, 0.3) is 0 Å². The molecular weight excluding hydrogens is 434 g/mol. The van der Waals surface area contributed by atoms with Crippen LogP contribution < -0.4 is 14.2 Å². The Morgan fingerprint density at radius 2 is 1.56 bits per heavy atom. The molecule has 1 aromatic carbocycles. The maximum absolute atomic E-state index is 14.2. The van der Waals surface area contributed by atoms with Gasteiger partial charge in [0.15, 0.2) is 11.5 Å². The quantitative estimate of drug-likeness (QED) is 0.463. The van der Waals surface area contributed by atoms with Crippen molar-refractivity contribution in [3.05, 3.63) is 17.7 Å². The first-order valence-corrected chi connectivity index (χ1v) is 12.8.